The summed E-state index contributed by atoms with van der Waals surface area (Å²) in [6.45, 7) is 4.97. The third kappa shape index (κ3) is 4.91. The Morgan fingerprint density at radius 3 is 2.85 bits per heavy atom. The summed E-state index contributed by atoms with van der Waals surface area (Å²) >= 11 is 6.47. The highest BCUT2D eigenvalue weighted by molar-refractivity contribution is 6.32. The maximum atomic E-state index is 6.47. The maximum Gasteiger partial charge on any atom is 0.180 e. The monoisotopic (exact) mass is 375 g/mol. The molecule has 1 aliphatic rings. The van der Waals surface area contributed by atoms with Gasteiger partial charge in [-0.05, 0) is 48.6 Å². The molecule has 140 valence electrons. The highest BCUT2D eigenvalue weighted by Crippen LogP contribution is 2.37. The molecule has 0 aromatic heterocycles. The second-order valence-electron chi connectivity index (χ2n) is 6.59. The Hall–Kier alpha value is -1.75. The van der Waals surface area contributed by atoms with E-state index in [9.17, 15) is 0 Å². The zero-order valence-electron chi connectivity index (χ0n) is 15.4. The number of hydrogen-bond acceptors (Lipinski definition) is 4. The zero-order valence-corrected chi connectivity index (χ0v) is 16.1. The van der Waals surface area contributed by atoms with Crippen molar-refractivity contribution >= 4 is 11.6 Å². The Balaban J connectivity index is 1.63. The molecule has 0 aliphatic carbocycles. The second-order valence-corrected chi connectivity index (χ2v) is 7.00. The van der Waals surface area contributed by atoms with E-state index < -0.39 is 0 Å². The largest absolute Gasteiger partial charge is 0.493 e. The van der Waals surface area contributed by atoms with Crippen LogP contribution in [0.3, 0.4) is 0 Å². The van der Waals surface area contributed by atoms with Gasteiger partial charge in [-0.1, -0.05) is 35.9 Å². The normalized spacial score (nSPS) is 16.7. The molecule has 26 heavy (non-hydrogen) atoms. The Morgan fingerprint density at radius 1 is 1.27 bits per heavy atom. The van der Waals surface area contributed by atoms with Crippen LogP contribution in [0.2, 0.25) is 5.02 Å². The molecule has 3 rings (SSSR count). The van der Waals surface area contributed by atoms with Crippen molar-refractivity contribution in [2.24, 2.45) is 0 Å². The van der Waals surface area contributed by atoms with Crippen molar-refractivity contribution in [3.63, 3.8) is 0 Å². The summed E-state index contributed by atoms with van der Waals surface area (Å²) in [7, 11) is 1.63. The van der Waals surface area contributed by atoms with E-state index in [2.05, 4.69) is 24.4 Å². The average Bonchev–Trinajstić information content (AvgIpc) is 3.15. The third-order valence-corrected chi connectivity index (χ3v) is 4.93. The summed E-state index contributed by atoms with van der Waals surface area (Å²) in [5.74, 6) is 1.24. The van der Waals surface area contributed by atoms with Gasteiger partial charge in [-0.3, -0.25) is 0 Å². The first-order valence-corrected chi connectivity index (χ1v) is 9.41. The second kappa shape index (κ2) is 9.26. The first-order chi connectivity index (χ1) is 12.7. The van der Waals surface area contributed by atoms with Crippen molar-refractivity contribution in [1.29, 1.82) is 0 Å². The molecule has 1 aliphatic heterocycles. The lowest BCUT2D eigenvalue weighted by atomic mass is 10.1. The van der Waals surface area contributed by atoms with E-state index >= 15 is 0 Å². The van der Waals surface area contributed by atoms with Crippen LogP contribution >= 0.6 is 11.6 Å². The molecule has 1 atom stereocenters. The number of benzene rings is 2. The quantitative estimate of drug-likeness (QED) is 0.737. The summed E-state index contributed by atoms with van der Waals surface area (Å²) in [5, 5.41) is 3.99. The molecule has 0 radical (unpaired) electrons. The average molecular weight is 376 g/mol. The summed E-state index contributed by atoms with van der Waals surface area (Å²) in [4.78, 5) is 0. The van der Waals surface area contributed by atoms with Gasteiger partial charge in [-0.15, -0.1) is 0 Å². The van der Waals surface area contributed by atoms with Gasteiger partial charge in [0.25, 0.3) is 0 Å². The predicted octanol–water partition coefficient (Wildman–Crippen LogP) is 4.50. The Bertz CT molecular complexity index is 729. The van der Waals surface area contributed by atoms with Crippen LogP contribution in [-0.2, 0) is 17.9 Å². The van der Waals surface area contributed by atoms with Crippen LogP contribution in [0.25, 0.3) is 0 Å². The molecular weight excluding hydrogens is 350 g/mol. The molecule has 5 heteroatoms. The smallest absolute Gasteiger partial charge is 0.180 e. The number of aryl methyl sites for hydroxylation is 1. The van der Waals surface area contributed by atoms with Crippen molar-refractivity contribution in [3.05, 3.63) is 58.1 Å². The summed E-state index contributed by atoms with van der Waals surface area (Å²) < 4.78 is 17.1. The maximum absolute atomic E-state index is 6.47. The minimum Gasteiger partial charge on any atom is -0.493 e. The van der Waals surface area contributed by atoms with Gasteiger partial charge < -0.3 is 19.5 Å². The van der Waals surface area contributed by atoms with Crippen LogP contribution in [0.1, 0.15) is 29.5 Å². The summed E-state index contributed by atoms with van der Waals surface area (Å²) in [5.41, 5.74) is 3.39. The topological polar surface area (TPSA) is 39.7 Å². The number of nitrogens with one attached hydrogen (secondary N) is 1. The Labute approximate surface area is 160 Å². The lowest BCUT2D eigenvalue weighted by Gasteiger charge is -2.16. The molecule has 4 nitrogen and oxygen atoms in total. The number of methoxy groups -OCH3 is 1. The number of rotatable bonds is 8. The van der Waals surface area contributed by atoms with Crippen LogP contribution in [-0.4, -0.2) is 26.4 Å². The van der Waals surface area contributed by atoms with Gasteiger partial charge in [-0.25, -0.2) is 0 Å². The van der Waals surface area contributed by atoms with Crippen molar-refractivity contribution in [2.75, 3.05) is 20.3 Å². The molecule has 1 saturated heterocycles. The number of hydrogen-bond donors (Lipinski definition) is 1. The van der Waals surface area contributed by atoms with Crippen LogP contribution in [0, 0.1) is 6.92 Å². The fourth-order valence-corrected chi connectivity index (χ4v) is 3.41. The van der Waals surface area contributed by atoms with E-state index in [4.69, 9.17) is 25.8 Å². The molecule has 1 N–H and O–H groups in total. The fraction of sp³-hybridized carbons (Fsp3) is 0.429. The van der Waals surface area contributed by atoms with Crippen LogP contribution in [0.15, 0.2) is 36.4 Å². The minimum absolute atomic E-state index is 0.323. The lowest BCUT2D eigenvalue weighted by Crippen LogP contribution is -2.25. The van der Waals surface area contributed by atoms with Crippen molar-refractivity contribution in [1.82, 2.24) is 5.32 Å². The molecule has 0 spiro atoms. The standard InChI is InChI=1S/C21H26ClNO3/c1-15-6-3-4-7-17(15)14-26-21-19(22)10-16(11-20(21)24-2)12-23-13-18-8-5-9-25-18/h3-4,6-7,10-11,18,23H,5,8-9,12-14H2,1-2H3/t18-/m1/s1. The molecule has 0 unspecified atom stereocenters. The van der Waals surface area contributed by atoms with E-state index in [1.165, 1.54) is 5.56 Å². The highest BCUT2D eigenvalue weighted by Gasteiger charge is 2.16. The SMILES string of the molecule is COc1cc(CNC[C@H]2CCCO2)cc(Cl)c1OCc1ccccc1C. The van der Waals surface area contributed by atoms with E-state index in [-0.39, 0.29) is 0 Å². The van der Waals surface area contributed by atoms with E-state index in [1.807, 2.05) is 24.3 Å². The van der Waals surface area contributed by atoms with Crippen molar-refractivity contribution in [2.45, 2.75) is 39.0 Å². The van der Waals surface area contributed by atoms with Gasteiger partial charge in [0.15, 0.2) is 11.5 Å². The van der Waals surface area contributed by atoms with Crippen LogP contribution in [0.5, 0.6) is 11.5 Å². The molecular formula is C21H26ClNO3. The lowest BCUT2D eigenvalue weighted by molar-refractivity contribution is 0.110. The third-order valence-electron chi connectivity index (χ3n) is 4.65. The summed E-state index contributed by atoms with van der Waals surface area (Å²) in [6, 6.07) is 12.1. The minimum atomic E-state index is 0.323. The van der Waals surface area contributed by atoms with Gasteiger partial charge in [0.05, 0.1) is 18.2 Å². The molecule has 0 saturated carbocycles. The van der Waals surface area contributed by atoms with Crippen molar-refractivity contribution in [3.8, 4) is 11.5 Å². The number of ether oxygens (including phenoxy) is 3. The highest BCUT2D eigenvalue weighted by atomic mass is 35.5. The molecule has 0 amide bonds. The van der Waals surface area contributed by atoms with Crippen LogP contribution < -0.4 is 14.8 Å². The zero-order chi connectivity index (χ0) is 18.4. The van der Waals surface area contributed by atoms with Crippen molar-refractivity contribution < 1.29 is 14.2 Å². The molecule has 1 heterocycles. The summed E-state index contributed by atoms with van der Waals surface area (Å²) in [6.07, 6.45) is 2.60. The predicted molar refractivity (Wildman–Crippen MR) is 104 cm³/mol. The first kappa shape index (κ1) is 19.0. The van der Waals surface area contributed by atoms with E-state index in [1.54, 1.807) is 7.11 Å². The van der Waals surface area contributed by atoms with Gasteiger partial charge in [0.2, 0.25) is 0 Å². The first-order valence-electron chi connectivity index (χ1n) is 9.03. The van der Waals surface area contributed by atoms with Gasteiger partial charge in [0, 0.05) is 19.7 Å². The molecule has 2 aromatic carbocycles. The Kier molecular flexibility index (Phi) is 6.78. The molecule has 1 fully saturated rings. The van der Waals surface area contributed by atoms with Crippen LogP contribution in [0.4, 0.5) is 0 Å². The number of halogens is 1. The van der Waals surface area contributed by atoms with E-state index in [0.29, 0.717) is 35.8 Å². The van der Waals surface area contributed by atoms with E-state index in [0.717, 1.165) is 37.1 Å². The Morgan fingerprint density at radius 2 is 2.12 bits per heavy atom. The fourth-order valence-electron chi connectivity index (χ4n) is 3.12. The van der Waals surface area contributed by atoms with Gasteiger partial charge >= 0.3 is 0 Å². The molecule has 0 bridgehead atoms. The molecule has 2 aromatic rings. The van der Waals surface area contributed by atoms with Gasteiger partial charge in [0.1, 0.15) is 6.61 Å². The van der Waals surface area contributed by atoms with Gasteiger partial charge in [-0.2, -0.15) is 0 Å².